The van der Waals surface area contributed by atoms with E-state index in [2.05, 4.69) is 12.2 Å². The van der Waals surface area contributed by atoms with Crippen molar-refractivity contribution in [1.82, 2.24) is 5.32 Å². The van der Waals surface area contributed by atoms with E-state index in [0.29, 0.717) is 12.8 Å². The maximum atomic E-state index is 13.3. The van der Waals surface area contributed by atoms with Gasteiger partial charge in [0.05, 0.1) is 11.3 Å². The average Bonchev–Trinajstić information content (AvgIpc) is 3.15. The Bertz CT molecular complexity index is 571. The van der Waals surface area contributed by atoms with Gasteiger partial charge in [-0.15, -0.1) is 0 Å². The zero-order valence-corrected chi connectivity index (χ0v) is 18.3. The van der Waals surface area contributed by atoms with E-state index in [1.807, 2.05) is 6.92 Å². The molecule has 1 unspecified atom stereocenters. The van der Waals surface area contributed by atoms with Gasteiger partial charge in [0.15, 0.2) is 0 Å². The smallest absolute Gasteiger partial charge is 0.306 e. The van der Waals surface area contributed by atoms with Gasteiger partial charge in [-0.1, -0.05) is 46.0 Å². The first-order chi connectivity index (χ1) is 13.8. The Hall–Kier alpha value is -1.59. The standard InChI is InChI=1S/C23H40N2O4/c1-3-5-9-16-14-18(10-11-19(16)20(24)26)25-22(29)23(12-6-7-13-23)15-17(8-4-2)21(27)28/h16-19H,3-15H2,1-2H3,(H2,24,26)(H,25,29)(H,27,28)/t16-,17?,18+,19-/m1/s1. The molecule has 29 heavy (non-hydrogen) atoms. The van der Waals surface area contributed by atoms with Crippen molar-refractivity contribution in [2.45, 2.75) is 103 Å². The summed E-state index contributed by atoms with van der Waals surface area (Å²) in [6, 6.07) is 0.0619. The fourth-order valence-corrected chi connectivity index (χ4v) is 5.60. The molecule has 2 fully saturated rings. The number of aliphatic carboxylic acids is 1. The van der Waals surface area contributed by atoms with Crippen molar-refractivity contribution in [3.8, 4) is 0 Å². The molecule has 0 saturated heterocycles. The number of carboxylic acid groups (broad SMARTS) is 1. The van der Waals surface area contributed by atoms with Gasteiger partial charge >= 0.3 is 5.97 Å². The van der Waals surface area contributed by atoms with E-state index >= 15 is 0 Å². The van der Waals surface area contributed by atoms with Gasteiger partial charge in [-0.05, 0) is 57.3 Å². The van der Waals surface area contributed by atoms with E-state index in [-0.39, 0.29) is 29.7 Å². The number of primary amides is 1. The molecule has 0 spiro atoms. The van der Waals surface area contributed by atoms with E-state index in [0.717, 1.165) is 70.6 Å². The van der Waals surface area contributed by atoms with E-state index in [9.17, 15) is 19.5 Å². The molecule has 0 heterocycles. The zero-order chi connectivity index (χ0) is 21.4. The van der Waals surface area contributed by atoms with Crippen LogP contribution in [0.15, 0.2) is 0 Å². The lowest BCUT2D eigenvalue weighted by Crippen LogP contribution is -2.49. The Morgan fingerprint density at radius 2 is 1.83 bits per heavy atom. The molecule has 2 rings (SSSR count). The number of carboxylic acids is 1. The van der Waals surface area contributed by atoms with Gasteiger partial charge in [0.25, 0.3) is 0 Å². The van der Waals surface area contributed by atoms with Crippen molar-refractivity contribution in [3.05, 3.63) is 0 Å². The minimum Gasteiger partial charge on any atom is -0.481 e. The number of carbonyl (C=O) groups excluding carboxylic acids is 2. The highest BCUT2D eigenvalue weighted by molar-refractivity contribution is 5.84. The summed E-state index contributed by atoms with van der Waals surface area (Å²) in [6.07, 6.45) is 10.8. The second-order valence-corrected chi connectivity index (χ2v) is 9.41. The molecular formula is C23H40N2O4. The first-order valence-corrected chi connectivity index (χ1v) is 11.7. The lowest BCUT2D eigenvalue weighted by Gasteiger charge is -2.38. The topological polar surface area (TPSA) is 109 Å². The lowest BCUT2D eigenvalue weighted by atomic mass is 9.72. The summed E-state index contributed by atoms with van der Waals surface area (Å²) in [5.74, 6) is -1.27. The van der Waals surface area contributed by atoms with Gasteiger partial charge in [-0.3, -0.25) is 14.4 Å². The van der Waals surface area contributed by atoms with Gasteiger partial charge in [0.2, 0.25) is 11.8 Å². The van der Waals surface area contributed by atoms with E-state index in [4.69, 9.17) is 5.73 Å². The summed E-state index contributed by atoms with van der Waals surface area (Å²) >= 11 is 0. The van der Waals surface area contributed by atoms with E-state index in [1.54, 1.807) is 0 Å². The molecule has 0 radical (unpaired) electrons. The van der Waals surface area contributed by atoms with Crippen molar-refractivity contribution in [1.29, 1.82) is 0 Å². The van der Waals surface area contributed by atoms with Crippen LogP contribution in [0.5, 0.6) is 0 Å². The van der Waals surface area contributed by atoms with Crippen LogP contribution in [-0.2, 0) is 14.4 Å². The number of nitrogens with one attached hydrogen (secondary N) is 1. The monoisotopic (exact) mass is 408 g/mol. The molecule has 2 aliphatic carbocycles. The largest absolute Gasteiger partial charge is 0.481 e. The summed E-state index contributed by atoms with van der Waals surface area (Å²) in [5.41, 5.74) is 5.08. The molecule has 0 bridgehead atoms. The predicted octanol–water partition coefficient (Wildman–Crippen LogP) is 4.01. The normalized spacial score (nSPS) is 27.3. The fraction of sp³-hybridized carbons (Fsp3) is 0.870. The molecule has 0 aromatic heterocycles. The van der Waals surface area contributed by atoms with Crippen molar-refractivity contribution in [2.75, 3.05) is 0 Å². The summed E-state index contributed by atoms with van der Waals surface area (Å²) in [7, 11) is 0. The third-order valence-corrected chi connectivity index (χ3v) is 7.28. The Kier molecular flexibility index (Phi) is 8.97. The Balaban J connectivity index is 2.05. The lowest BCUT2D eigenvalue weighted by molar-refractivity contribution is -0.144. The number of carbonyl (C=O) groups is 3. The number of hydrogen-bond acceptors (Lipinski definition) is 3. The predicted molar refractivity (Wildman–Crippen MR) is 113 cm³/mol. The summed E-state index contributed by atoms with van der Waals surface area (Å²) in [6.45, 7) is 4.13. The Morgan fingerprint density at radius 3 is 2.38 bits per heavy atom. The zero-order valence-electron chi connectivity index (χ0n) is 18.3. The molecule has 0 aromatic carbocycles. The molecule has 4 atom stereocenters. The molecule has 0 aromatic rings. The van der Waals surface area contributed by atoms with Crippen molar-refractivity contribution in [3.63, 3.8) is 0 Å². The van der Waals surface area contributed by atoms with Crippen molar-refractivity contribution < 1.29 is 19.5 Å². The molecule has 6 heteroatoms. The minimum atomic E-state index is -0.785. The molecular weight excluding hydrogens is 368 g/mol. The molecule has 166 valence electrons. The number of hydrogen-bond donors (Lipinski definition) is 3. The summed E-state index contributed by atoms with van der Waals surface area (Å²) in [5, 5.41) is 12.9. The van der Waals surface area contributed by atoms with Gasteiger partial charge in [0.1, 0.15) is 0 Å². The highest BCUT2D eigenvalue weighted by Crippen LogP contribution is 2.45. The maximum Gasteiger partial charge on any atom is 0.306 e. The molecule has 2 aliphatic rings. The van der Waals surface area contributed by atoms with Gasteiger partial charge in [0, 0.05) is 12.0 Å². The van der Waals surface area contributed by atoms with Crippen LogP contribution in [0.3, 0.4) is 0 Å². The van der Waals surface area contributed by atoms with E-state index in [1.165, 1.54) is 0 Å². The number of unbranched alkanes of at least 4 members (excludes halogenated alkanes) is 1. The maximum absolute atomic E-state index is 13.3. The van der Waals surface area contributed by atoms with Gasteiger partial charge in [-0.25, -0.2) is 0 Å². The van der Waals surface area contributed by atoms with Crippen LogP contribution in [0.1, 0.15) is 97.3 Å². The van der Waals surface area contributed by atoms with Gasteiger partial charge < -0.3 is 16.2 Å². The Labute approximate surface area is 175 Å². The number of nitrogens with two attached hydrogens (primary N) is 1. The van der Waals surface area contributed by atoms with Crippen LogP contribution in [0.2, 0.25) is 0 Å². The third-order valence-electron chi connectivity index (χ3n) is 7.28. The summed E-state index contributed by atoms with van der Waals surface area (Å²) < 4.78 is 0. The molecule has 2 saturated carbocycles. The Morgan fingerprint density at radius 1 is 1.14 bits per heavy atom. The fourth-order valence-electron chi connectivity index (χ4n) is 5.60. The second-order valence-electron chi connectivity index (χ2n) is 9.41. The van der Waals surface area contributed by atoms with Gasteiger partial charge in [-0.2, -0.15) is 0 Å². The first-order valence-electron chi connectivity index (χ1n) is 11.7. The number of rotatable bonds is 11. The SMILES string of the molecule is CCCC[C@@H]1C[C@@H](NC(=O)C2(CC(CCC)C(=O)O)CCCC2)CC[C@H]1C(N)=O. The number of amides is 2. The molecule has 0 aliphatic heterocycles. The first kappa shape index (κ1) is 23.7. The highest BCUT2D eigenvalue weighted by Gasteiger charge is 2.45. The van der Waals surface area contributed by atoms with Crippen LogP contribution in [0, 0.1) is 23.2 Å². The quantitative estimate of drug-likeness (QED) is 0.480. The van der Waals surface area contributed by atoms with Crippen LogP contribution in [-0.4, -0.2) is 28.9 Å². The van der Waals surface area contributed by atoms with Crippen molar-refractivity contribution in [2.24, 2.45) is 28.9 Å². The van der Waals surface area contributed by atoms with Crippen molar-refractivity contribution >= 4 is 17.8 Å². The second kappa shape index (κ2) is 11.0. The van der Waals surface area contributed by atoms with Crippen LogP contribution < -0.4 is 11.1 Å². The third kappa shape index (κ3) is 6.19. The van der Waals surface area contributed by atoms with E-state index < -0.39 is 17.3 Å². The summed E-state index contributed by atoms with van der Waals surface area (Å²) in [4.78, 5) is 36.9. The highest BCUT2D eigenvalue weighted by atomic mass is 16.4. The molecule has 4 N–H and O–H groups in total. The molecule has 2 amide bonds. The van der Waals surface area contributed by atoms with Crippen LogP contribution in [0.4, 0.5) is 0 Å². The minimum absolute atomic E-state index is 0.0362. The van der Waals surface area contributed by atoms with Crippen LogP contribution in [0.25, 0.3) is 0 Å². The average molecular weight is 409 g/mol. The van der Waals surface area contributed by atoms with Crippen LogP contribution >= 0.6 is 0 Å². The molecule has 6 nitrogen and oxygen atoms in total.